The highest BCUT2D eigenvalue weighted by Crippen LogP contribution is 2.21. The molecular formula is C12H14F2N2O2S. The van der Waals surface area contributed by atoms with Gasteiger partial charge in [-0.25, -0.2) is 17.2 Å². The Morgan fingerprint density at radius 1 is 1.37 bits per heavy atom. The first kappa shape index (κ1) is 15.4. The Kier molecular flexibility index (Phi) is 4.84. The second kappa shape index (κ2) is 5.97. The molecular weight excluding hydrogens is 274 g/mol. The zero-order chi connectivity index (χ0) is 14.6. The minimum Gasteiger partial charge on any atom is -0.378 e. The van der Waals surface area contributed by atoms with Gasteiger partial charge in [-0.05, 0) is 25.5 Å². The second-order valence-electron chi connectivity index (χ2n) is 4.39. The third-order valence-corrected chi connectivity index (χ3v) is 3.46. The van der Waals surface area contributed by atoms with Crippen LogP contribution in [0.25, 0.3) is 0 Å². The van der Waals surface area contributed by atoms with Gasteiger partial charge in [-0.3, -0.25) is 0 Å². The quantitative estimate of drug-likeness (QED) is 0.900. The lowest BCUT2D eigenvalue weighted by atomic mass is 10.1. The highest BCUT2D eigenvalue weighted by molar-refractivity contribution is 7.90. The van der Waals surface area contributed by atoms with E-state index >= 15 is 0 Å². The first-order valence-electron chi connectivity index (χ1n) is 5.56. The normalized spacial score (nSPS) is 12.8. The Hall–Kier alpha value is -1.68. The predicted octanol–water partition coefficient (Wildman–Crippen LogP) is 2.07. The van der Waals surface area contributed by atoms with Crippen molar-refractivity contribution in [3.05, 3.63) is 29.3 Å². The Morgan fingerprint density at radius 3 is 2.32 bits per heavy atom. The summed E-state index contributed by atoms with van der Waals surface area (Å²) in [5.41, 5.74) is -0.454. The van der Waals surface area contributed by atoms with E-state index in [1.165, 1.54) is 0 Å². The van der Waals surface area contributed by atoms with Crippen LogP contribution in [0, 0.1) is 23.0 Å². The molecule has 0 amide bonds. The van der Waals surface area contributed by atoms with Crippen LogP contribution >= 0.6 is 0 Å². The lowest BCUT2D eigenvalue weighted by Crippen LogP contribution is -2.21. The van der Waals surface area contributed by atoms with Gasteiger partial charge < -0.3 is 5.32 Å². The van der Waals surface area contributed by atoms with E-state index in [-0.39, 0.29) is 23.4 Å². The number of nitriles is 1. The first-order valence-corrected chi connectivity index (χ1v) is 7.62. The third kappa shape index (κ3) is 4.83. The monoisotopic (exact) mass is 288 g/mol. The molecule has 0 fully saturated rings. The maximum Gasteiger partial charge on any atom is 0.150 e. The highest BCUT2D eigenvalue weighted by Gasteiger charge is 2.14. The fourth-order valence-electron chi connectivity index (χ4n) is 1.48. The van der Waals surface area contributed by atoms with Crippen molar-refractivity contribution in [2.24, 2.45) is 0 Å². The fourth-order valence-corrected chi connectivity index (χ4v) is 2.27. The zero-order valence-corrected chi connectivity index (χ0v) is 11.4. The number of benzene rings is 1. The number of hydrogen-bond acceptors (Lipinski definition) is 4. The van der Waals surface area contributed by atoms with Crippen LogP contribution < -0.4 is 5.32 Å². The molecule has 0 aliphatic carbocycles. The average molecular weight is 288 g/mol. The summed E-state index contributed by atoms with van der Waals surface area (Å²) in [5, 5.41) is 11.1. The summed E-state index contributed by atoms with van der Waals surface area (Å²) >= 11 is 0. The summed E-state index contributed by atoms with van der Waals surface area (Å²) in [6.07, 6.45) is 1.33. The molecule has 1 N–H and O–H groups in total. The summed E-state index contributed by atoms with van der Waals surface area (Å²) in [4.78, 5) is 0. The minimum atomic E-state index is -3.11. The van der Waals surface area contributed by atoms with E-state index in [1.54, 1.807) is 13.0 Å². The third-order valence-electron chi connectivity index (χ3n) is 2.48. The Bertz CT molecular complexity index is 586. The molecule has 1 unspecified atom stereocenters. The molecule has 19 heavy (non-hydrogen) atoms. The lowest BCUT2D eigenvalue weighted by Gasteiger charge is -2.16. The van der Waals surface area contributed by atoms with Crippen molar-refractivity contribution in [2.45, 2.75) is 19.4 Å². The van der Waals surface area contributed by atoms with Crippen LogP contribution in [0.15, 0.2) is 12.1 Å². The van der Waals surface area contributed by atoms with Crippen LogP contribution in [0.2, 0.25) is 0 Å². The van der Waals surface area contributed by atoms with Crippen LogP contribution in [0.3, 0.4) is 0 Å². The molecule has 1 aromatic rings. The van der Waals surface area contributed by atoms with Gasteiger partial charge in [-0.15, -0.1) is 0 Å². The van der Waals surface area contributed by atoms with E-state index in [2.05, 4.69) is 5.32 Å². The number of rotatable bonds is 5. The van der Waals surface area contributed by atoms with Crippen LogP contribution in [-0.4, -0.2) is 26.5 Å². The van der Waals surface area contributed by atoms with Crippen molar-refractivity contribution in [2.75, 3.05) is 17.3 Å². The molecule has 0 radical (unpaired) electrons. The van der Waals surface area contributed by atoms with Crippen molar-refractivity contribution in [3.63, 3.8) is 0 Å². The number of sulfone groups is 1. The van der Waals surface area contributed by atoms with Crippen molar-refractivity contribution in [1.29, 1.82) is 5.26 Å². The van der Waals surface area contributed by atoms with Crippen molar-refractivity contribution in [1.82, 2.24) is 0 Å². The maximum atomic E-state index is 13.6. The molecule has 104 valence electrons. The van der Waals surface area contributed by atoms with E-state index < -0.39 is 27.5 Å². The van der Waals surface area contributed by atoms with Gasteiger partial charge in [0.25, 0.3) is 0 Å². The molecule has 0 aliphatic heterocycles. The zero-order valence-electron chi connectivity index (χ0n) is 10.6. The van der Waals surface area contributed by atoms with E-state index in [9.17, 15) is 17.2 Å². The largest absolute Gasteiger partial charge is 0.378 e. The van der Waals surface area contributed by atoms with Crippen molar-refractivity contribution in [3.8, 4) is 6.07 Å². The predicted molar refractivity (Wildman–Crippen MR) is 68.5 cm³/mol. The average Bonchev–Trinajstić information content (AvgIpc) is 2.30. The molecule has 0 aromatic heterocycles. The molecule has 1 rings (SSSR count). The minimum absolute atomic E-state index is 0.0688. The van der Waals surface area contributed by atoms with Crippen LogP contribution in [0.1, 0.15) is 18.9 Å². The molecule has 0 heterocycles. The van der Waals surface area contributed by atoms with Crippen LogP contribution in [-0.2, 0) is 9.84 Å². The molecule has 7 heteroatoms. The van der Waals surface area contributed by atoms with Gasteiger partial charge >= 0.3 is 0 Å². The van der Waals surface area contributed by atoms with Gasteiger partial charge in [0.05, 0.1) is 17.4 Å². The number of halogens is 2. The number of hydrogen-bond donors (Lipinski definition) is 1. The molecule has 0 spiro atoms. The number of anilines is 1. The molecule has 0 aliphatic rings. The van der Waals surface area contributed by atoms with Gasteiger partial charge in [-0.1, -0.05) is 0 Å². The Balaban J connectivity index is 2.80. The smallest absolute Gasteiger partial charge is 0.150 e. The SMILES string of the molecule is CC(CCS(C)(=O)=O)Nc1c(F)cc(C#N)cc1F. The standard InChI is InChI=1S/C12H14F2N2O2S/c1-8(3-4-19(2,17)18)16-12-10(13)5-9(7-15)6-11(12)14/h5-6,8,16H,3-4H2,1-2H3. The number of nitrogens with zero attached hydrogens (tertiary/aromatic N) is 1. The van der Waals surface area contributed by atoms with Crippen LogP contribution in [0.4, 0.5) is 14.5 Å². The topological polar surface area (TPSA) is 70.0 Å². The Labute approximate surface area is 111 Å². The van der Waals surface area contributed by atoms with Gasteiger partial charge in [0.1, 0.15) is 15.5 Å². The first-order chi connectivity index (χ1) is 8.73. The second-order valence-corrected chi connectivity index (χ2v) is 6.65. The van der Waals surface area contributed by atoms with Gasteiger partial charge in [0.2, 0.25) is 0 Å². The molecule has 0 saturated carbocycles. The molecule has 0 saturated heterocycles. The maximum absolute atomic E-state index is 13.6. The molecule has 1 atom stereocenters. The van der Waals surface area contributed by atoms with Gasteiger partial charge in [-0.2, -0.15) is 5.26 Å². The number of nitrogens with one attached hydrogen (secondary N) is 1. The van der Waals surface area contributed by atoms with E-state index in [4.69, 9.17) is 5.26 Å². The van der Waals surface area contributed by atoms with E-state index in [0.29, 0.717) is 0 Å². The summed E-state index contributed by atoms with van der Waals surface area (Å²) in [6, 6.07) is 3.09. The Morgan fingerprint density at radius 2 is 1.89 bits per heavy atom. The highest BCUT2D eigenvalue weighted by atomic mass is 32.2. The lowest BCUT2D eigenvalue weighted by molar-refractivity contribution is 0.579. The molecule has 0 bridgehead atoms. The van der Waals surface area contributed by atoms with E-state index in [0.717, 1.165) is 18.4 Å². The summed E-state index contributed by atoms with van der Waals surface area (Å²) in [5.74, 6) is -1.81. The van der Waals surface area contributed by atoms with Crippen molar-refractivity contribution < 1.29 is 17.2 Å². The van der Waals surface area contributed by atoms with Crippen molar-refractivity contribution >= 4 is 15.5 Å². The van der Waals surface area contributed by atoms with Gasteiger partial charge in [0, 0.05) is 12.3 Å². The van der Waals surface area contributed by atoms with E-state index in [1.807, 2.05) is 0 Å². The molecule has 1 aromatic carbocycles. The molecule has 4 nitrogen and oxygen atoms in total. The van der Waals surface area contributed by atoms with Gasteiger partial charge in [0.15, 0.2) is 11.6 Å². The summed E-state index contributed by atoms with van der Waals surface area (Å²) < 4.78 is 49.1. The summed E-state index contributed by atoms with van der Waals surface area (Å²) in [6.45, 7) is 1.63. The summed E-state index contributed by atoms with van der Waals surface area (Å²) in [7, 11) is -3.11. The van der Waals surface area contributed by atoms with Crippen LogP contribution in [0.5, 0.6) is 0 Å². The fraction of sp³-hybridized carbons (Fsp3) is 0.417.